The first-order valence-electron chi connectivity index (χ1n) is 6.15. The molecule has 3 aromatic rings. The summed E-state index contributed by atoms with van der Waals surface area (Å²) in [7, 11) is 0. The summed E-state index contributed by atoms with van der Waals surface area (Å²) in [5.74, 6) is 1.52. The molecule has 0 aromatic carbocycles. The summed E-state index contributed by atoms with van der Waals surface area (Å²) in [6.45, 7) is 4.34. The Hall–Kier alpha value is -1.64. The Morgan fingerprint density at radius 2 is 2.38 bits per heavy atom. The molecule has 0 radical (unpaired) electrons. The molecule has 3 heterocycles. The SMILES string of the molecule is C=CCNc1nnc(SCc2cc(-c3cccs3)on2)s1. The van der Waals surface area contributed by atoms with Crippen molar-refractivity contribution in [2.75, 3.05) is 11.9 Å². The van der Waals surface area contributed by atoms with Crippen molar-refractivity contribution in [1.29, 1.82) is 0 Å². The van der Waals surface area contributed by atoms with Gasteiger partial charge in [-0.15, -0.1) is 28.1 Å². The average molecular weight is 336 g/mol. The number of thiophene rings is 1. The van der Waals surface area contributed by atoms with Gasteiger partial charge < -0.3 is 9.84 Å². The van der Waals surface area contributed by atoms with E-state index in [1.165, 1.54) is 11.3 Å². The van der Waals surface area contributed by atoms with Crippen LogP contribution in [0.1, 0.15) is 5.69 Å². The molecule has 0 bridgehead atoms. The number of aromatic nitrogens is 3. The number of nitrogens with zero attached hydrogens (tertiary/aromatic N) is 3. The number of rotatable bonds is 7. The van der Waals surface area contributed by atoms with E-state index in [2.05, 4.69) is 27.2 Å². The minimum atomic E-state index is 0.687. The Labute approximate surface area is 134 Å². The zero-order valence-corrected chi connectivity index (χ0v) is 13.4. The van der Waals surface area contributed by atoms with Gasteiger partial charge in [0.05, 0.1) is 10.6 Å². The van der Waals surface area contributed by atoms with Crippen molar-refractivity contribution < 1.29 is 4.52 Å². The maximum atomic E-state index is 5.35. The van der Waals surface area contributed by atoms with Crippen molar-refractivity contribution in [3.05, 3.63) is 41.9 Å². The molecule has 0 unspecified atom stereocenters. The molecule has 0 aliphatic rings. The van der Waals surface area contributed by atoms with Crippen molar-refractivity contribution in [1.82, 2.24) is 15.4 Å². The highest BCUT2D eigenvalue weighted by atomic mass is 32.2. The molecule has 5 nitrogen and oxygen atoms in total. The summed E-state index contributed by atoms with van der Waals surface area (Å²) in [5, 5.41) is 18.2. The minimum Gasteiger partial charge on any atom is -0.357 e. The monoisotopic (exact) mass is 336 g/mol. The van der Waals surface area contributed by atoms with Crippen molar-refractivity contribution in [2.45, 2.75) is 10.1 Å². The van der Waals surface area contributed by atoms with Crippen LogP contribution in [0.2, 0.25) is 0 Å². The molecule has 0 aliphatic carbocycles. The fourth-order valence-corrected chi connectivity index (χ4v) is 3.86. The highest BCUT2D eigenvalue weighted by molar-refractivity contribution is 8.00. The second-order valence-electron chi connectivity index (χ2n) is 3.99. The smallest absolute Gasteiger partial charge is 0.206 e. The summed E-state index contributed by atoms with van der Waals surface area (Å²) in [6.07, 6.45) is 1.79. The lowest BCUT2D eigenvalue weighted by Crippen LogP contribution is -1.96. The second-order valence-corrected chi connectivity index (χ2v) is 7.14. The molecule has 3 aromatic heterocycles. The van der Waals surface area contributed by atoms with Gasteiger partial charge in [0, 0.05) is 18.4 Å². The van der Waals surface area contributed by atoms with Crippen molar-refractivity contribution in [3.63, 3.8) is 0 Å². The third-order valence-corrected chi connectivity index (χ3v) is 5.40. The molecule has 108 valence electrons. The maximum absolute atomic E-state index is 5.35. The molecule has 3 rings (SSSR count). The molecule has 0 spiro atoms. The zero-order valence-electron chi connectivity index (χ0n) is 11.0. The third-order valence-electron chi connectivity index (χ3n) is 2.47. The summed E-state index contributed by atoms with van der Waals surface area (Å²) < 4.78 is 6.25. The summed E-state index contributed by atoms with van der Waals surface area (Å²) in [6, 6.07) is 5.98. The fraction of sp³-hybridized carbons (Fsp3) is 0.154. The van der Waals surface area contributed by atoms with Crippen LogP contribution in [0.4, 0.5) is 5.13 Å². The van der Waals surface area contributed by atoms with E-state index in [0.29, 0.717) is 12.3 Å². The van der Waals surface area contributed by atoms with Gasteiger partial charge in [-0.25, -0.2) is 0 Å². The second kappa shape index (κ2) is 6.88. The number of anilines is 1. The predicted octanol–water partition coefficient (Wildman–Crippen LogP) is 4.14. The van der Waals surface area contributed by atoms with Crippen LogP contribution >= 0.6 is 34.4 Å². The average Bonchev–Trinajstić information content (AvgIpc) is 3.22. The largest absolute Gasteiger partial charge is 0.357 e. The molecule has 0 aliphatic heterocycles. The quantitative estimate of drug-likeness (QED) is 0.517. The standard InChI is InChI=1S/C13H12N4OS3/c1-2-5-14-12-15-16-13(21-12)20-8-9-7-10(18-17-9)11-4-3-6-19-11/h2-4,6-7H,1,5,8H2,(H,14,15). The van der Waals surface area contributed by atoms with Gasteiger partial charge in [-0.2, -0.15) is 0 Å². The molecular weight excluding hydrogens is 324 g/mol. The highest BCUT2D eigenvalue weighted by Crippen LogP contribution is 2.30. The first-order valence-corrected chi connectivity index (χ1v) is 8.84. The Kier molecular flexibility index (Phi) is 4.69. The summed E-state index contributed by atoms with van der Waals surface area (Å²) in [4.78, 5) is 1.09. The number of thioether (sulfide) groups is 1. The molecule has 1 N–H and O–H groups in total. The van der Waals surface area contributed by atoms with Crippen LogP contribution in [0.5, 0.6) is 0 Å². The molecule has 8 heteroatoms. The lowest BCUT2D eigenvalue weighted by atomic mass is 10.3. The van der Waals surface area contributed by atoms with Gasteiger partial charge >= 0.3 is 0 Å². The number of nitrogens with one attached hydrogen (secondary N) is 1. The predicted molar refractivity (Wildman–Crippen MR) is 88.0 cm³/mol. The van der Waals surface area contributed by atoms with Crippen LogP contribution < -0.4 is 5.32 Å². The van der Waals surface area contributed by atoms with E-state index in [-0.39, 0.29) is 0 Å². The molecule has 0 saturated heterocycles. The molecule has 0 fully saturated rings. The van der Waals surface area contributed by atoms with E-state index < -0.39 is 0 Å². The van der Waals surface area contributed by atoms with Gasteiger partial charge in [-0.3, -0.25) is 0 Å². The van der Waals surface area contributed by atoms with Crippen LogP contribution in [-0.2, 0) is 5.75 Å². The molecule has 0 saturated carbocycles. The van der Waals surface area contributed by atoms with Crippen molar-refractivity contribution >= 4 is 39.6 Å². The molecule has 21 heavy (non-hydrogen) atoms. The first kappa shape index (κ1) is 14.3. The van der Waals surface area contributed by atoms with E-state index >= 15 is 0 Å². The third kappa shape index (κ3) is 3.72. The van der Waals surface area contributed by atoms with E-state index in [1.807, 2.05) is 23.6 Å². The van der Waals surface area contributed by atoms with Gasteiger partial charge in [0.15, 0.2) is 10.1 Å². The Balaban J connectivity index is 1.57. The van der Waals surface area contributed by atoms with Gasteiger partial charge in [0.25, 0.3) is 0 Å². The maximum Gasteiger partial charge on any atom is 0.206 e. The number of hydrogen-bond donors (Lipinski definition) is 1. The van der Waals surface area contributed by atoms with Gasteiger partial charge in [0.1, 0.15) is 0 Å². The highest BCUT2D eigenvalue weighted by Gasteiger charge is 2.10. The van der Waals surface area contributed by atoms with E-state index in [1.54, 1.807) is 29.2 Å². The normalized spacial score (nSPS) is 10.7. The van der Waals surface area contributed by atoms with Crippen LogP contribution in [0.3, 0.4) is 0 Å². The lowest BCUT2D eigenvalue weighted by Gasteiger charge is -1.93. The fourth-order valence-electron chi connectivity index (χ4n) is 1.55. The van der Waals surface area contributed by atoms with Crippen LogP contribution in [0, 0.1) is 0 Å². The van der Waals surface area contributed by atoms with Crippen LogP contribution in [-0.4, -0.2) is 21.9 Å². The van der Waals surface area contributed by atoms with Crippen LogP contribution in [0.25, 0.3) is 10.6 Å². The Morgan fingerprint density at radius 3 is 3.19 bits per heavy atom. The van der Waals surface area contributed by atoms with Gasteiger partial charge in [-0.05, 0) is 11.4 Å². The van der Waals surface area contributed by atoms with E-state index in [0.717, 1.165) is 25.8 Å². The Morgan fingerprint density at radius 1 is 1.43 bits per heavy atom. The van der Waals surface area contributed by atoms with Crippen LogP contribution in [0.15, 0.2) is 45.1 Å². The summed E-state index contributed by atoms with van der Waals surface area (Å²) in [5.41, 5.74) is 0.902. The Bertz CT molecular complexity index is 705. The lowest BCUT2D eigenvalue weighted by molar-refractivity contribution is 0.427. The minimum absolute atomic E-state index is 0.687. The van der Waals surface area contributed by atoms with E-state index in [9.17, 15) is 0 Å². The number of hydrogen-bond acceptors (Lipinski definition) is 8. The first-order chi connectivity index (χ1) is 10.3. The van der Waals surface area contributed by atoms with Crippen molar-refractivity contribution in [3.8, 4) is 10.6 Å². The topological polar surface area (TPSA) is 63.8 Å². The van der Waals surface area contributed by atoms with Crippen molar-refractivity contribution in [2.24, 2.45) is 0 Å². The molecule has 0 amide bonds. The summed E-state index contributed by atoms with van der Waals surface area (Å²) >= 11 is 4.76. The molecule has 0 atom stereocenters. The van der Waals surface area contributed by atoms with E-state index in [4.69, 9.17) is 4.52 Å². The van der Waals surface area contributed by atoms with Gasteiger partial charge in [-0.1, -0.05) is 40.4 Å². The zero-order chi connectivity index (χ0) is 14.5. The molecular formula is C13H12N4OS3. The van der Waals surface area contributed by atoms with Gasteiger partial charge in [0.2, 0.25) is 5.13 Å².